The lowest BCUT2D eigenvalue weighted by atomic mass is 9.86. The van der Waals surface area contributed by atoms with Crippen LogP contribution in [0.25, 0.3) is 0 Å². The highest BCUT2D eigenvalue weighted by Crippen LogP contribution is 1.93. The van der Waals surface area contributed by atoms with Crippen LogP contribution in [0.1, 0.15) is 5.56 Å². The second kappa shape index (κ2) is 3.47. The SMILES string of the molecule is N#Cc1ccc(B(O)[S-])cc1. The molecule has 0 radical (unpaired) electrons. The molecule has 11 heavy (non-hydrogen) atoms. The molecule has 0 aliphatic rings. The van der Waals surface area contributed by atoms with Crippen molar-refractivity contribution in [3.63, 3.8) is 0 Å². The van der Waals surface area contributed by atoms with E-state index >= 15 is 0 Å². The van der Waals surface area contributed by atoms with Gasteiger partial charge in [0.1, 0.15) is 0 Å². The fraction of sp³-hybridized carbons (Fsp3) is 0. The van der Waals surface area contributed by atoms with Crippen LogP contribution in [-0.2, 0) is 12.5 Å². The maximum Gasteiger partial charge on any atom is 0.165 e. The van der Waals surface area contributed by atoms with E-state index in [4.69, 9.17) is 10.3 Å². The van der Waals surface area contributed by atoms with Gasteiger partial charge in [-0.1, -0.05) is 17.6 Å². The van der Waals surface area contributed by atoms with E-state index in [-0.39, 0.29) is 0 Å². The Balaban J connectivity index is 2.94. The molecule has 0 atom stereocenters. The van der Waals surface area contributed by atoms with Crippen molar-refractivity contribution in [1.29, 1.82) is 5.26 Å². The van der Waals surface area contributed by atoms with E-state index in [2.05, 4.69) is 12.5 Å². The van der Waals surface area contributed by atoms with Crippen LogP contribution < -0.4 is 5.46 Å². The van der Waals surface area contributed by atoms with Crippen LogP contribution in [0.15, 0.2) is 24.3 Å². The van der Waals surface area contributed by atoms with E-state index in [1.165, 1.54) is 0 Å². The van der Waals surface area contributed by atoms with Crippen molar-refractivity contribution in [2.45, 2.75) is 0 Å². The first kappa shape index (κ1) is 8.18. The Labute approximate surface area is 70.9 Å². The van der Waals surface area contributed by atoms with Gasteiger partial charge in [-0.05, 0) is 12.1 Å². The Morgan fingerprint density at radius 1 is 1.36 bits per heavy atom. The molecule has 0 aliphatic heterocycles. The quantitative estimate of drug-likeness (QED) is 0.459. The lowest BCUT2D eigenvalue weighted by molar-refractivity contribution is 0.609. The molecule has 2 nitrogen and oxygen atoms in total. The van der Waals surface area contributed by atoms with Crippen LogP contribution in [0.4, 0.5) is 0 Å². The highest BCUT2D eigenvalue weighted by molar-refractivity contribution is 7.93. The van der Waals surface area contributed by atoms with Crippen LogP contribution in [0.3, 0.4) is 0 Å². The van der Waals surface area contributed by atoms with Crippen molar-refractivity contribution >= 4 is 24.1 Å². The van der Waals surface area contributed by atoms with Crippen molar-refractivity contribution in [3.05, 3.63) is 29.8 Å². The van der Waals surface area contributed by atoms with E-state index in [1.54, 1.807) is 24.3 Å². The van der Waals surface area contributed by atoms with E-state index in [9.17, 15) is 0 Å². The molecule has 0 aromatic heterocycles. The van der Waals surface area contributed by atoms with E-state index in [0.717, 1.165) is 0 Å². The van der Waals surface area contributed by atoms with E-state index in [1.807, 2.05) is 6.07 Å². The van der Waals surface area contributed by atoms with Gasteiger partial charge in [-0.25, -0.2) is 0 Å². The van der Waals surface area contributed by atoms with Crippen LogP contribution in [0.5, 0.6) is 0 Å². The minimum atomic E-state index is -0.872. The van der Waals surface area contributed by atoms with Crippen molar-refractivity contribution < 1.29 is 5.02 Å². The van der Waals surface area contributed by atoms with Crippen molar-refractivity contribution in [1.82, 2.24) is 0 Å². The van der Waals surface area contributed by atoms with Gasteiger partial charge in [-0.15, -0.1) is 0 Å². The van der Waals surface area contributed by atoms with Crippen molar-refractivity contribution in [2.24, 2.45) is 0 Å². The Bertz CT molecular complexity index is 277. The largest absolute Gasteiger partial charge is 0.789 e. The summed E-state index contributed by atoms with van der Waals surface area (Å²) in [7, 11) is 0. The maximum absolute atomic E-state index is 8.92. The zero-order valence-corrected chi connectivity index (χ0v) is 6.51. The summed E-state index contributed by atoms with van der Waals surface area (Å²) < 4.78 is 0. The van der Waals surface area contributed by atoms with Gasteiger partial charge in [-0.3, -0.25) is 0 Å². The molecule has 0 amide bonds. The van der Waals surface area contributed by atoms with Crippen molar-refractivity contribution in [3.8, 4) is 6.07 Å². The molecule has 1 rings (SSSR count). The van der Waals surface area contributed by atoms with Gasteiger partial charge in [-0.2, -0.15) is 5.26 Å². The molecule has 1 aromatic rings. The van der Waals surface area contributed by atoms with Gasteiger partial charge in [0, 0.05) is 0 Å². The summed E-state index contributed by atoms with van der Waals surface area (Å²) in [6.07, 6.45) is -0.872. The predicted octanol–water partition coefficient (Wildman–Crippen LogP) is -0.207. The van der Waals surface area contributed by atoms with Gasteiger partial charge in [0.05, 0.1) is 11.6 Å². The number of hydrogen-bond donors (Lipinski definition) is 1. The molecule has 0 saturated heterocycles. The minimum Gasteiger partial charge on any atom is -0.789 e. The average Bonchev–Trinajstić information content (AvgIpc) is 2.05. The van der Waals surface area contributed by atoms with Crippen LogP contribution in [0, 0.1) is 11.3 Å². The molecule has 0 heterocycles. The van der Waals surface area contributed by atoms with Crippen LogP contribution in [0.2, 0.25) is 0 Å². The monoisotopic (exact) mass is 162 g/mol. The first-order valence-corrected chi connectivity index (χ1v) is 3.55. The number of nitriles is 1. The van der Waals surface area contributed by atoms with Gasteiger partial charge in [0.15, 0.2) is 6.19 Å². The van der Waals surface area contributed by atoms with Gasteiger partial charge < -0.3 is 17.5 Å². The molecular formula is C7H5BNOS-. The molecule has 0 aliphatic carbocycles. The molecule has 1 aromatic carbocycles. The van der Waals surface area contributed by atoms with E-state index in [0.29, 0.717) is 11.0 Å². The number of rotatable bonds is 1. The first-order chi connectivity index (χ1) is 5.24. The number of hydrogen-bond acceptors (Lipinski definition) is 3. The number of nitrogens with zero attached hydrogens (tertiary/aromatic N) is 1. The molecular weight excluding hydrogens is 157 g/mol. The lowest BCUT2D eigenvalue weighted by Crippen LogP contribution is -2.26. The highest BCUT2D eigenvalue weighted by Gasteiger charge is 1.95. The normalized spacial score (nSPS) is 8.82. The average molecular weight is 162 g/mol. The third kappa shape index (κ3) is 2.00. The third-order valence-electron chi connectivity index (χ3n) is 1.32. The molecule has 0 unspecified atom stereocenters. The molecule has 0 fully saturated rings. The fourth-order valence-corrected chi connectivity index (χ4v) is 0.879. The molecule has 0 saturated carbocycles. The van der Waals surface area contributed by atoms with Gasteiger partial charge >= 0.3 is 0 Å². The Morgan fingerprint density at radius 2 is 1.91 bits per heavy atom. The second-order valence-corrected chi connectivity index (χ2v) is 2.53. The summed E-state index contributed by atoms with van der Waals surface area (Å²) in [6.45, 7) is 0. The first-order valence-electron chi connectivity index (χ1n) is 3.08. The Kier molecular flexibility index (Phi) is 2.58. The topological polar surface area (TPSA) is 44.0 Å². The summed E-state index contributed by atoms with van der Waals surface area (Å²) in [4.78, 5) is 0. The standard InChI is InChI=1S/C7H5BNOS/c9-5-6-1-3-7(4-2-6)8(10)11/h1-4,10H/q-1. The molecule has 0 spiro atoms. The molecule has 1 N–H and O–H groups in total. The predicted molar refractivity (Wildman–Crippen MR) is 46.1 cm³/mol. The van der Waals surface area contributed by atoms with Crippen LogP contribution in [-0.4, -0.2) is 11.2 Å². The maximum atomic E-state index is 8.92. The summed E-state index contributed by atoms with van der Waals surface area (Å²) in [5, 5.41) is 17.3. The molecule has 54 valence electrons. The summed E-state index contributed by atoms with van der Waals surface area (Å²) in [5.41, 5.74) is 1.23. The summed E-state index contributed by atoms with van der Waals surface area (Å²) in [6, 6.07) is 8.54. The fourth-order valence-electron chi connectivity index (χ4n) is 0.722. The Hall–Kier alpha value is -0.915. The minimum absolute atomic E-state index is 0.574. The molecule has 0 bridgehead atoms. The Morgan fingerprint density at radius 3 is 2.27 bits per heavy atom. The summed E-state index contributed by atoms with van der Waals surface area (Å²) >= 11 is 4.60. The second-order valence-electron chi connectivity index (χ2n) is 2.09. The molecule has 4 heteroatoms. The van der Waals surface area contributed by atoms with Gasteiger partial charge in [0.2, 0.25) is 0 Å². The van der Waals surface area contributed by atoms with E-state index < -0.39 is 6.19 Å². The summed E-state index contributed by atoms with van der Waals surface area (Å²) in [5.74, 6) is 0. The smallest absolute Gasteiger partial charge is 0.165 e. The zero-order valence-electron chi connectivity index (χ0n) is 5.69. The number of benzene rings is 1. The van der Waals surface area contributed by atoms with Crippen LogP contribution >= 0.6 is 0 Å². The van der Waals surface area contributed by atoms with Gasteiger partial charge in [0.25, 0.3) is 0 Å². The zero-order chi connectivity index (χ0) is 8.27. The van der Waals surface area contributed by atoms with Crippen molar-refractivity contribution in [2.75, 3.05) is 0 Å². The lowest BCUT2D eigenvalue weighted by Gasteiger charge is -2.10. The third-order valence-corrected chi connectivity index (χ3v) is 1.60. The highest BCUT2D eigenvalue weighted by atomic mass is 32.1.